The molecule has 1 aliphatic heterocycles. The number of hydrogen-bond acceptors (Lipinski definition) is 2. The third-order valence-electron chi connectivity index (χ3n) is 1.85. The van der Waals surface area contributed by atoms with Gasteiger partial charge in [0.2, 0.25) is 0 Å². The van der Waals surface area contributed by atoms with E-state index in [0.717, 1.165) is 5.56 Å². The van der Waals surface area contributed by atoms with Gasteiger partial charge in [0.05, 0.1) is 6.42 Å². The van der Waals surface area contributed by atoms with Crippen molar-refractivity contribution in [1.82, 2.24) is 0 Å². The van der Waals surface area contributed by atoms with E-state index in [0.29, 0.717) is 18.6 Å². The highest BCUT2D eigenvalue weighted by atomic mass is 19.1. The molecular formula is C9H7FO2. The fourth-order valence-electron chi connectivity index (χ4n) is 1.24. The number of esters is 1. The van der Waals surface area contributed by atoms with E-state index in [1.165, 1.54) is 12.1 Å². The summed E-state index contributed by atoms with van der Waals surface area (Å²) in [6, 6.07) is 4.27. The lowest BCUT2D eigenvalue weighted by atomic mass is 10.1. The second-order valence-electron chi connectivity index (χ2n) is 2.73. The van der Waals surface area contributed by atoms with E-state index < -0.39 is 0 Å². The van der Waals surface area contributed by atoms with Crippen molar-refractivity contribution in [3.05, 3.63) is 29.6 Å². The topological polar surface area (TPSA) is 26.3 Å². The first kappa shape index (κ1) is 7.28. The van der Waals surface area contributed by atoms with Crippen LogP contribution in [-0.4, -0.2) is 5.97 Å². The van der Waals surface area contributed by atoms with Crippen LogP contribution in [0.15, 0.2) is 18.2 Å². The number of ether oxygens (including phenoxy) is 1. The predicted molar refractivity (Wildman–Crippen MR) is 40.4 cm³/mol. The van der Waals surface area contributed by atoms with Gasteiger partial charge in [-0.25, -0.2) is 4.39 Å². The molecule has 12 heavy (non-hydrogen) atoms. The fraction of sp³-hybridized carbons (Fsp3) is 0.222. The molecule has 0 saturated carbocycles. The lowest BCUT2D eigenvalue weighted by Crippen LogP contribution is -2.15. The molecule has 0 N–H and O–H groups in total. The third kappa shape index (κ3) is 1.18. The summed E-state index contributed by atoms with van der Waals surface area (Å²) in [5.74, 6) is -0.289. The minimum atomic E-state index is -0.372. The van der Waals surface area contributed by atoms with Crippen molar-refractivity contribution in [2.24, 2.45) is 0 Å². The molecule has 0 aliphatic carbocycles. The molecule has 0 amide bonds. The first-order valence-electron chi connectivity index (χ1n) is 3.75. The number of carbonyl (C=O) groups excluding carboxylic acids is 1. The van der Waals surface area contributed by atoms with Crippen LogP contribution in [0.1, 0.15) is 12.0 Å². The maximum absolute atomic E-state index is 12.6. The van der Waals surface area contributed by atoms with E-state index in [9.17, 15) is 9.18 Å². The Labute approximate surface area is 69.0 Å². The minimum absolute atomic E-state index is 0.284. The quantitative estimate of drug-likeness (QED) is 0.433. The molecule has 1 aromatic rings. The van der Waals surface area contributed by atoms with E-state index in [2.05, 4.69) is 0 Å². The van der Waals surface area contributed by atoms with Crippen LogP contribution in [0.5, 0.6) is 5.75 Å². The van der Waals surface area contributed by atoms with Crippen molar-refractivity contribution in [1.29, 1.82) is 0 Å². The number of benzene rings is 1. The Kier molecular flexibility index (Phi) is 1.57. The molecule has 0 atom stereocenters. The standard InChI is InChI=1S/C9H7FO2/c10-7-3-1-6-2-4-9(11)12-8(6)5-7/h1,3,5H,2,4H2. The molecular weight excluding hydrogens is 159 g/mol. The number of rotatable bonds is 0. The van der Waals surface area contributed by atoms with E-state index in [1.807, 2.05) is 0 Å². The Balaban J connectivity index is 2.44. The minimum Gasteiger partial charge on any atom is -0.426 e. The largest absolute Gasteiger partial charge is 0.426 e. The highest BCUT2D eigenvalue weighted by Gasteiger charge is 2.16. The molecule has 1 heterocycles. The molecule has 2 rings (SSSR count). The molecule has 0 spiro atoms. The summed E-state index contributed by atoms with van der Waals surface area (Å²) in [6.07, 6.45) is 1.03. The first-order chi connectivity index (χ1) is 5.75. The van der Waals surface area contributed by atoms with Gasteiger partial charge in [0.1, 0.15) is 11.6 Å². The third-order valence-corrected chi connectivity index (χ3v) is 1.85. The zero-order valence-electron chi connectivity index (χ0n) is 6.34. The molecule has 0 unspecified atom stereocenters. The van der Waals surface area contributed by atoms with Crippen LogP contribution in [0.2, 0.25) is 0 Å². The summed E-state index contributed by atoms with van der Waals surface area (Å²) in [4.78, 5) is 10.8. The highest BCUT2D eigenvalue weighted by molar-refractivity contribution is 5.75. The van der Waals surface area contributed by atoms with Crippen molar-refractivity contribution in [2.75, 3.05) is 0 Å². The van der Waals surface area contributed by atoms with Gasteiger partial charge in [0.25, 0.3) is 0 Å². The molecule has 0 saturated heterocycles. The second-order valence-corrected chi connectivity index (χ2v) is 2.73. The zero-order chi connectivity index (χ0) is 8.55. The van der Waals surface area contributed by atoms with Gasteiger partial charge in [0.15, 0.2) is 0 Å². The normalized spacial score (nSPS) is 15.2. The van der Waals surface area contributed by atoms with Crippen LogP contribution in [0.25, 0.3) is 0 Å². The zero-order valence-corrected chi connectivity index (χ0v) is 6.34. The summed E-state index contributed by atoms with van der Waals surface area (Å²) in [7, 11) is 0. The number of hydrogen-bond donors (Lipinski definition) is 0. The molecule has 1 aliphatic rings. The van der Waals surface area contributed by atoms with Gasteiger partial charge in [-0.3, -0.25) is 4.79 Å². The molecule has 3 heteroatoms. The van der Waals surface area contributed by atoms with E-state index >= 15 is 0 Å². The van der Waals surface area contributed by atoms with Crippen molar-refractivity contribution in [2.45, 2.75) is 12.8 Å². The Morgan fingerprint density at radius 3 is 3.00 bits per heavy atom. The van der Waals surface area contributed by atoms with Gasteiger partial charge >= 0.3 is 5.97 Å². The summed E-state index contributed by atoms with van der Waals surface area (Å²) < 4.78 is 17.5. The summed E-state index contributed by atoms with van der Waals surface area (Å²) >= 11 is 0. The highest BCUT2D eigenvalue weighted by Crippen LogP contribution is 2.25. The average Bonchev–Trinajstić information content (AvgIpc) is 2.03. The van der Waals surface area contributed by atoms with Crippen LogP contribution >= 0.6 is 0 Å². The lowest BCUT2D eigenvalue weighted by Gasteiger charge is -2.14. The smallest absolute Gasteiger partial charge is 0.311 e. The number of fused-ring (bicyclic) bond motifs is 1. The Morgan fingerprint density at radius 1 is 1.33 bits per heavy atom. The first-order valence-corrected chi connectivity index (χ1v) is 3.75. The molecule has 62 valence electrons. The maximum Gasteiger partial charge on any atom is 0.311 e. The van der Waals surface area contributed by atoms with Crippen molar-refractivity contribution in [3.63, 3.8) is 0 Å². The van der Waals surface area contributed by atoms with Crippen LogP contribution < -0.4 is 4.74 Å². The molecule has 2 nitrogen and oxygen atoms in total. The van der Waals surface area contributed by atoms with Gasteiger partial charge < -0.3 is 4.74 Å². The Morgan fingerprint density at radius 2 is 2.17 bits per heavy atom. The van der Waals surface area contributed by atoms with E-state index in [4.69, 9.17) is 4.74 Å². The van der Waals surface area contributed by atoms with Crippen molar-refractivity contribution >= 4 is 5.97 Å². The average molecular weight is 166 g/mol. The Bertz CT molecular complexity index is 333. The molecule has 1 aromatic carbocycles. The van der Waals surface area contributed by atoms with Crippen molar-refractivity contribution in [3.8, 4) is 5.75 Å². The molecule has 0 radical (unpaired) electrons. The molecule has 0 bridgehead atoms. The van der Waals surface area contributed by atoms with E-state index in [-0.39, 0.29) is 11.8 Å². The van der Waals surface area contributed by atoms with Gasteiger partial charge in [-0.05, 0) is 18.1 Å². The number of halogens is 1. The van der Waals surface area contributed by atoms with Crippen LogP contribution in [0, 0.1) is 5.82 Å². The summed E-state index contributed by atoms with van der Waals surface area (Å²) in [6.45, 7) is 0. The lowest BCUT2D eigenvalue weighted by molar-refractivity contribution is -0.135. The van der Waals surface area contributed by atoms with Gasteiger partial charge in [-0.1, -0.05) is 6.07 Å². The summed E-state index contributed by atoms with van der Waals surface area (Å²) in [5.41, 5.74) is 0.899. The second kappa shape index (κ2) is 2.59. The van der Waals surface area contributed by atoms with Crippen LogP contribution in [0.3, 0.4) is 0 Å². The molecule has 0 fully saturated rings. The Hall–Kier alpha value is -1.38. The number of aryl methyl sites for hydroxylation is 1. The fourth-order valence-corrected chi connectivity index (χ4v) is 1.24. The van der Waals surface area contributed by atoms with Crippen LogP contribution in [0.4, 0.5) is 4.39 Å². The van der Waals surface area contributed by atoms with Gasteiger partial charge in [-0.2, -0.15) is 0 Å². The number of carbonyl (C=O) groups is 1. The molecule has 0 aromatic heterocycles. The maximum atomic E-state index is 12.6. The van der Waals surface area contributed by atoms with E-state index in [1.54, 1.807) is 6.07 Å². The van der Waals surface area contributed by atoms with Gasteiger partial charge in [-0.15, -0.1) is 0 Å². The SMILES string of the molecule is O=C1CCc2ccc(F)cc2O1. The van der Waals surface area contributed by atoms with Crippen molar-refractivity contribution < 1.29 is 13.9 Å². The van der Waals surface area contributed by atoms with Crippen LogP contribution in [-0.2, 0) is 11.2 Å². The summed E-state index contributed by atoms with van der Waals surface area (Å²) in [5, 5.41) is 0. The monoisotopic (exact) mass is 166 g/mol. The van der Waals surface area contributed by atoms with Gasteiger partial charge in [0, 0.05) is 6.07 Å². The predicted octanol–water partition coefficient (Wildman–Crippen LogP) is 1.68.